The lowest BCUT2D eigenvalue weighted by Crippen LogP contribution is -2.44. The zero-order valence-corrected chi connectivity index (χ0v) is 13.7. The second-order valence-corrected chi connectivity index (χ2v) is 5.79. The highest BCUT2D eigenvalue weighted by Crippen LogP contribution is 2.17. The van der Waals surface area contributed by atoms with E-state index >= 15 is 0 Å². The Balaban J connectivity index is 1.83. The number of nitrogens with two attached hydrogens (primary N) is 1. The zero-order chi connectivity index (χ0) is 17.5. The Labute approximate surface area is 140 Å². The Morgan fingerprint density at radius 1 is 1.17 bits per heavy atom. The lowest BCUT2D eigenvalue weighted by atomic mass is 10.0. The van der Waals surface area contributed by atoms with Gasteiger partial charge in [-0.1, -0.05) is 0 Å². The maximum Gasteiger partial charge on any atom is 0.338 e. The van der Waals surface area contributed by atoms with E-state index in [9.17, 15) is 14.4 Å². The van der Waals surface area contributed by atoms with Gasteiger partial charge in [-0.15, -0.1) is 0 Å². The summed E-state index contributed by atoms with van der Waals surface area (Å²) in [4.78, 5) is 36.5. The molecule has 0 bridgehead atoms. The predicted molar refractivity (Wildman–Crippen MR) is 86.4 cm³/mol. The maximum atomic E-state index is 12.1. The largest absolute Gasteiger partial charge is 0.484 e. The van der Waals surface area contributed by atoms with Crippen LogP contribution in [0.3, 0.4) is 0 Å². The van der Waals surface area contributed by atoms with Crippen molar-refractivity contribution < 1.29 is 23.9 Å². The molecule has 7 heteroatoms. The van der Waals surface area contributed by atoms with E-state index in [2.05, 4.69) is 0 Å². The molecule has 2 rings (SSSR count). The van der Waals surface area contributed by atoms with Gasteiger partial charge in [-0.2, -0.15) is 0 Å². The summed E-state index contributed by atoms with van der Waals surface area (Å²) in [5.74, 6) is -0.904. The van der Waals surface area contributed by atoms with E-state index in [1.807, 2.05) is 6.92 Å². The summed E-state index contributed by atoms with van der Waals surface area (Å²) in [6, 6.07) is 6.27. The van der Waals surface area contributed by atoms with Gasteiger partial charge in [0.1, 0.15) is 5.75 Å². The fourth-order valence-corrected chi connectivity index (χ4v) is 2.60. The summed E-state index contributed by atoms with van der Waals surface area (Å²) in [5.41, 5.74) is 5.29. The van der Waals surface area contributed by atoms with Gasteiger partial charge in [0.05, 0.1) is 5.56 Å². The summed E-state index contributed by atoms with van der Waals surface area (Å²) in [7, 11) is 0. The van der Waals surface area contributed by atoms with Gasteiger partial charge in [0.25, 0.3) is 11.8 Å². The van der Waals surface area contributed by atoms with Crippen LogP contribution in [-0.4, -0.2) is 48.5 Å². The summed E-state index contributed by atoms with van der Waals surface area (Å²) in [5, 5.41) is 0. The number of nitrogens with zero attached hydrogens (tertiary/aromatic N) is 1. The third-order valence-corrected chi connectivity index (χ3v) is 3.92. The molecule has 130 valence electrons. The topological polar surface area (TPSA) is 98.9 Å². The minimum atomic E-state index is -0.580. The second-order valence-electron chi connectivity index (χ2n) is 5.79. The van der Waals surface area contributed by atoms with Gasteiger partial charge in [-0.3, -0.25) is 9.59 Å². The fraction of sp³-hybridized carbons (Fsp3) is 0.471. The van der Waals surface area contributed by atoms with Gasteiger partial charge in [0, 0.05) is 12.6 Å². The van der Waals surface area contributed by atoms with Crippen molar-refractivity contribution in [1.29, 1.82) is 0 Å². The number of esters is 1. The first-order valence-electron chi connectivity index (χ1n) is 7.95. The van der Waals surface area contributed by atoms with Crippen molar-refractivity contribution >= 4 is 17.8 Å². The van der Waals surface area contributed by atoms with Gasteiger partial charge in [-0.05, 0) is 50.5 Å². The number of primary amides is 1. The number of carbonyl (C=O) groups is 3. The first-order valence-corrected chi connectivity index (χ1v) is 7.95. The predicted octanol–water partition coefficient (Wildman–Crippen LogP) is 1.11. The number of benzene rings is 1. The lowest BCUT2D eigenvalue weighted by Gasteiger charge is -2.33. The van der Waals surface area contributed by atoms with Gasteiger partial charge >= 0.3 is 5.97 Å². The molecule has 1 aromatic rings. The van der Waals surface area contributed by atoms with Crippen molar-refractivity contribution in [1.82, 2.24) is 4.90 Å². The first-order chi connectivity index (χ1) is 11.5. The van der Waals surface area contributed by atoms with Gasteiger partial charge in [-0.25, -0.2) is 4.79 Å². The van der Waals surface area contributed by atoms with Crippen molar-refractivity contribution in [2.75, 3.05) is 19.8 Å². The van der Waals surface area contributed by atoms with Crippen LogP contribution in [0.5, 0.6) is 5.75 Å². The number of rotatable bonds is 6. The lowest BCUT2D eigenvalue weighted by molar-refractivity contribution is -0.137. The molecule has 1 aliphatic heterocycles. The maximum absolute atomic E-state index is 12.1. The van der Waals surface area contributed by atoms with Crippen LogP contribution in [0.25, 0.3) is 0 Å². The van der Waals surface area contributed by atoms with Gasteiger partial charge < -0.3 is 20.1 Å². The van der Waals surface area contributed by atoms with E-state index in [-0.39, 0.29) is 25.2 Å². The number of ether oxygens (including phenoxy) is 2. The molecule has 1 heterocycles. The Hall–Kier alpha value is -2.57. The molecule has 1 fully saturated rings. The Kier molecular flexibility index (Phi) is 6.17. The van der Waals surface area contributed by atoms with Crippen molar-refractivity contribution in [2.24, 2.45) is 5.73 Å². The van der Waals surface area contributed by atoms with Crippen molar-refractivity contribution in [3.8, 4) is 5.75 Å². The normalized spacial score (nSPS) is 17.2. The standard InChI is InChI=1S/C17H22N2O5/c1-12-4-2-3-9-19(12)16(21)11-24-17(22)13-5-7-14(8-6-13)23-10-15(18)20/h5-8,12H,2-4,9-11H2,1H3,(H2,18,20)/t12-/m0/s1. The number of amides is 2. The molecule has 1 saturated heterocycles. The molecule has 24 heavy (non-hydrogen) atoms. The molecule has 7 nitrogen and oxygen atoms in total. The Morgan fingerprint density at radius 3 is 2.50 bits per heavy atom. The molecule has 0 spiro atoms. The van der Waals surface area contributed by atoms with Crippen LogP contribution >= 0.6 is 0 Å². The number of likely N-dealkylation sites (tertiary alicyclic amines) is 1. The van der Waals surface area contributed by atoms with Crippen LogP contribution in [0.1, 0.15) is 36.5 Å². The Bertz CT molecular complexity index is 600. The SMILES string of the molecule is C[C@H]1CCCCN1C(=O)COC(=O)c1ccc(OCC(N)=O)cc1. The summed E-state index contributed by atoms with van der Waals surface area (Å²) < 4.78 is 10.2. The molecule has 0 radical (unpaired) electrons. The molecule has 1 aliphatic rings. The number of hydrogen-bond acceptors (Lipinski definition) is 5. The van der Waals surface area contributed by atoms with Crippen LogP contribution in [-0.2, 0) is 14.3 Å². The first kappa shape index (κ1) is 17.8. The number of piperidine rings is 1. The summed E-state index contributed by atoms with van der Waals surface area (Å²) in [6.07, 6.45) is 3.08. The molecule has 0 aromatic heterocycles. The van der Waals surface area contributed by atoms with E-state index in [1.165, 1.54) is 24.3 Å². The highest BCUT2D eigenvalue weighted by molar-refractivity contribution is 5.91. The van der Waals surface area contributed by atoms with Gasteiger partial charge in [0.15, 0.2) is 13.2 Å². The minimum Gasteiger partial charge on any atom is -0.484 e. The summed E-state index contributed by atoms with van der Waals surface area (Å²) >= 11 is 0. The van der Waals surface area contributed by atoms with Crippen LogP contribution in [0, 0.1) is 0 Å². The molecule has 1 atom stereocenters. The second kappa shape index (κ2) is 8.33. The smallest absolute Gasteiger partial charge is 0.338 e. The van der Waals surface area contributed by atoms with E-state index in [1.54, 1.807) is 4.90 Å². The van der Waals surface area contributed by atoms with E-state index in [0.717, 1.165) is 19.3 Å². The molecule has 2 N–H and O–H groups in total. The molecule has 1 aromatic carbocycles. The molecular weight excluding hydrogens is 312 g/mol. The van der Waals surface area contributed by atoms with Crippen LogP contribution in [0.15, 0.2) is 24.3 Å². The van der Waals surface area contributed by atoms with E-state index in [4.69, 9.17) is 15.2 Å². The minimum absolute atomic E-state index is 0.169. The average Bonchev–Trinajstić information content (AvgIpc) is 2.58. The van der Waals surface area contributed by atoms with E-state index < -0.39 is 11.9 Å². The van der Waals surface area contributed by atoms with Crippen LogP contribution in [0.4, 0.5) is 0 Å². The van der Waals surface area contributed by atoms with Gasteiger partial charge in [0.2, 0.25) is 0 Å². The molecule has 0 saturated carbocycles. The van der Waals surface area contributed by atoms with Crippen molar-refractivity contribution in [3.05, 3.63) is 29.8 Å². The number of carbonyl (C=O) groups excluding carboxylic acids is 3. The number of hydrogen-bond donors (Lipinski definition) is 1. The fourth-order valence-electron chi connectivity index (χ4n) is 2.60. The molecule has 0 aliphatic carbocycles. The molecule has 2 amide bonds. The third kappa shape index (κ3) is 4.97. The summed E-state index contributed by atoms with van der Waals surface area (Å²) in [6.45, 7) is 2.22. The van der Waals surface area contributed by atoms with Crippen molar-refractivity contribution in [2.45, 2.75) is 32.2 Å². The average molecular weight is 334 g/mol. The monoisotopic (exact) mass is 334 g/mol. The van der Waals surface area contributed by atoms with Crippen molar-refractivity contribution in [3.63, 3.8) is 0 Å². The van der Waals surface area contributed by atoms with E-state index in [0.29, 0.717) is 17.9 Å². The zero-order valence-electron chi connectivity index (χ0n) is 13.7. The quantitative estimate of drug-likeness (QED) is 0.786. The Morgan fingerprint density at radius 2 is 1.88 bits per heavy atom. The third-order valence-electron chi connectivity index (χ3n) is 3.92. The van der Waals surface area contributed by atoms with Crippen LogP contribution in [0.2, 0.25) is 0 Å². The molecule has 0 unspecified atom stereocenters. The highest BCUT2D eigenvalue weighted by atomic mass is 16.5. The highest BCUT2D eigenvalue weighted by Gasteiger charge is 2.24. The van der Waals surface area contributed by atoms with Crippen LogP contribution < -0.4 is 10.5 Å². The molecular formula is C17H22N2O5.